The number of benzene rings is 1. The predicted molar refractivity (Wildman–Crippen MR) is 67.0 cm³/mol. The summed E-state index contributed by atoms with van der Waals surface area (Å²) in [5.41, 5.74) is 2.16. The second-order valence-corrected chi connectivity index (χ2v) is 4.35. The number of rotatable bonds is 3. The molecule has 4 heteroatoms. The van der Waals surface area contributed by atoms with Gasteiger partial charge in [0.25, 0.3) is 0 Å². The van der Waals surface area contributed by atoms with E-state index in [-0.39, 0.29) is 0 Å². The fourth-order valence-electron chi connectivity index (χ4n) is 1.60. The minimum absolute atomic E-state index is 0.880. The van der Waals surface area contributed by atoms with Crippen molar-refractivity contribution in [3.8, 4) is 16.9 Å². The highest BCUT2D eigenvalue weighted by molar-refractivity contribution is 7.98. The van der Waals surface area contributed by atoms with Crippen molar-refractivity contribution in [1.29, 1.82) is 0 Å². The van der Waals surface area contributed by atoms with Gasteiger partial charge in [-0.05, 0) is 24.5 Å². The van der Waals surface area contributed by atoms with E-state index in [0.717, 1.165) is 16.9 Å². The van der Waals surface area contributed by atoms with Crippen LogP contribution in [0, 0.1) is 0 Å². The van der Waals surface area contributed by atoms with Crippen molar-refractivity contribution in [2.75, 3.05) is 13.4 Å². The number of methoxy groups -OCH3 is 1. The van der Waals surface area contributed by atoms with Crippen molar-refractivity contribution in [2.24, 2.45) is 7.05 Å². The molecule has 3 nitrogen and oxygen atoms in total. The van der Waals surface area contributed by atoms with Crippen molar-refractivity contribution in [2.45, 2.75) is 4.90 Å². The topological polar surface area (TPSA) is 27.1 Å². The number of nitrogens with zero attached hydrogens (tertiary/aromatic N) is 2. The van der Waals surface area contributed by atoms with Gasteiger partial charge in [0.2, 0.25) is 0 Å². The van der Waals surface area contributed by atoms with Gasteiger partial charge in [0.15, 0.2) is 0 Å². The number of thioether (sulfide) groups is 1. The van der Waals surface area contributed by atoms with Crippen LogP contribution in [0.15, 0.2) is 35.5 Å². The summed E-state index contributed by atoms with van der Waals surface area (Å²) in [6.45, 7) is 0. The van der Waals surface area contributed by atoms with Gasteiger partial charge in [-0.1, -0.05) is 0 Å². The fraction of sp³-hybridized carbons (Fsp3) is 0.250. The Labute approximate surface area is 99.4 Å². The average molecular weight is 234 g/mol. The third kappa shape index (κ3) is 2.07. The lowest BCUT2D eigenvalue weighted by Crippen LogP contribution is -1.88. The molecule has 84 valence electrons. The molecule has 2 rings (SSSR count). The summed E-state index contributed by atoms with van der Waals surface area (Å²) in [4.78, 5) is 1.22. The third-order valence-corrected chi connectivity index (χ3v) is 3.15. The Morgan fingerprint density at radius 2 is 2.19 bits per heavy atom. The van der Waals surface area contributed by atoms with Crippen molar-refractivity contribution in [3.05, 3.63) is 30.6 Å². The van der Waals surface area contributed by atoms with E-state index in [4.69, 9.17) is 4.74 Å². The lowest BCUT2D eigenvalue weighted by Gasteiger charge is -2.08. The van der Waals surface area contributed by atoms with Crippen LogP contribution in [0.1, 0.15) is 0 Å². The van der Waals surface area contributed by atoms with E-state index in [1.807, 2.05) is 25.5 Å². The number of aromatic nitrogens is 2. The smallest absolute Gasteiger partial charge is 0.126 e. The maximum Gasteiger partial charge on any atom is 0.126 e. The van der Waals surface area contributed by atoms with Crippen LogP contribution in [-0.2, 0) is 7.05 Å². The Balaban J connectivity index is 2.52. The lowest BCUT2D eigenvalue weighted by molar-refractivity contribution is 0.416. The highest BCUT2D eigenvalue weighted by atomic mass is 32.2. The van der Waals surface area contributed by atoms with E-state index >= 15 is 0 Å². The van der Waals surface area contributed by atoms with Crippen molar-refractivity contribution in [1.82, 2.24) is 9.78 Å². The highest BCUT2D eigenvalue weighted by Crippen LogP contribution is 2.32. The van der Waals surface area contributed by atoms with Crippen LogP contribution in [0.3, 0.4) is 0 Å². The number of hydrogen-bond acceptors (Lipinski definition) is 3. The molecule has 0 aliphatic carbocycles. The molecule has 16 heavy (non-hydrogen) atoms. The van der Waals surface area contributed by atoms with E-state index in [1.165, 1.54) is 4.90 Å². The molecule has 0 unspecified atom stereocenters. The molecule has 1 aromatic heterocycles. The minimum atomic E-state index is 0.880. The van der Waals surface area contributed by atoms with Gasteiger partial charge in [0.05, 0.1) is 13.3 Å². The van der Waals surface area contributed by atoms with E-state index in [9.17, 15) is 0 Å². The standard InChI is InChI=1S/C12H14N2OS/c1-14-8-9(7-13-14)11-6-10(16-3)4-5-12(11)15-2/h4-8H,1-3H3. The Morgan fingerprint density at radius 1 is 1.38 bits per heavy atom. The van der Waals surface area contributed by atoms with E-state index < -0.39 is 0 Å². The first-order valence-electron chi connectivity index (χ1n) is 4.95. The molecule has 0 atom stereocenters. The summed E-state index contributed by atoms with van der Waals surface area (Å²) >= 11 is 1.72. The third-order valence-electron chi connectivity index (χ3n) is 2.42. The molecule has 0 bridgehead atoms. The molecular formula is C12H14N2OS. The Morgan fingerprint density at radius 3 is 2.75 bits per heavy atom. The van der Waals surface area contributed by atoms with Gasteiger partial charge in [-0.15, -0.1) is 11.8 Å². The molecule has 1 aromatic carbocycles. The molecule has 0 saturated heterocycles. The Bertz CT molecular complexity index is 494. The molecule has 0 saturated carbocycles. The first kappa shape index (κ1) is 11.1. The number of aryl methyl sites for hydroxylation is 1. The van der Waals surface area contributed by atoms with E-state index in [0.29, 0.717) is 0 Å². The average Bonchev–Trinajstić information content (AvgIpc) is 2.75. The molecular weight excluding hydrogens is 220 g/mol. The highest BCUT2D eigenvalue weighted by Gasteiger charge is 2.08. The second-order valence-electron chi connectivity index (χ2n) is 3.47. The van der Waals surface area contributed by atoms with Crippen LogP contribution in [0.5, 0.6) is 5.75 Å². The summed E-state index contributed by atoms with van der Waals surface area (Å²) < 4.78 is 7.15. The van der Waals surface area contributed by atoms with E-state index in [1.54, 1.807) is 23.6 Å². The Hall–Kier alpha value is -1.42. The number of hydrogen-bond donors (Lipinski definition) is 0. The summed E-state index contributed by atoms with van der Waals surface area (Å²) in [7, 11) is 3.60. The molecule has 0 amide bonds. The summed E-state index contributed by atoms with van der Waals surface area (Å²) in [5.74, 6) is 0.880. The van der Waals surface area contributed by atoms with Gasteiger partial charge in [-0.2, -0.15) is 5.10 Å². The minimum Gasteiger partial charge on any atom is -0.496 e. The maximum absolute atomic E-state index is 5.36. The van der Waals surface area contributed by atoms with Crippen LogP contribution in [-0.4, -0.2) is 23.1 Å². The maximum atomic E-state index is 5.36. The summed E-state index contributed by atoms with van der Waals surface area (Å²) in [5, 5.41) is 4.18. The first-order valence-corrected chi connectivity index (χ1v) is 6.18. The van der Waals surface area contributed by atoms with Crippen molar-refractivity contribution in [3.63, 3.8) is 0 Å². The van der Waals surface area contributed by atoms with Gasteiger partial charge in [0, 0.05) is 29.3 Å². The quantitative estimate of drug-likeness (QED) is 0.764. The first-order chi connectivity index (χ1) is 7.74. The SMILES string of the molecule is COc1ccc(SC)cc1-c1cnn(C)c1. The number of ether oxygens (including phenoxy) is 1. The van der Waals surface area contributed by atoms with Crippen LogP contribution < -0.4 is 4.74 Å². The van der Waals surface area contributed by atoms with Crippen molar-refractivity contribution < 1.29 is 4.74 Å². The zero-order valence-corrected chi connectivity index (χ0v) is 10.4. The molecule has 0 radical (unpaired) electrons. The second kappa shape index (κ2) is 4.61. The van der Waals surface area contributed by atoms with Gasteiger partial charge < -0.3 is 4.74 Å². The lowest BCUT2D eigenvalue weighted by atomic mass is 10.1. The van der Waals surface area contributed by atoms with Gasteiger partial charge >= 0.3 is 0 Å². The molecule has 0 aliphatic rings. The van der Waals surface area contributed by atoms with Gasteiger partial charge in [0.1, 0.15) is 5.75 Å². The molecule has 1 heterocycles. The summed E-state index contributed by atoms with van der Waals surface area (Å²) in [6.07, 6.45) is 5.90. The molecule has 0 fully saturated rings. The summed E-state index contributed by atoms with van der Waals surface area (Å²) in [6, 6.07) is 6.18. The molecule has 0 N–H and O–H groups in total. The normalized spacial score (nSPS) is 10.4. The molecule has 0 spiro atoms. The fourth-order valence-corrected chi connectivity index (χ4v) is 2.04. The zero-order chi connectivity index (χ0) is 11.5. The van der Waals surface area contributed by atoms with Crippen LogP contribution in [0.4, 0.5) is 0 Å². The van der Waals surface area contributed by atoms with Crippen LogP contribution in [0.25, 0.3) is 11.1 Å². The van der Waals surface area contributed by atoms with E-state index in [2.05, 4.69) is 23.5 Å². The van der Waals surface area contributed by atoms with Crippen LogP contribution in [0.2, 0.25) is 0 Å². The van der Waals surface area contributed by atoms with Crippen molar-refractivity contribution >= 4 is 11.8 Å². The van der Waals surface area contributed by atoms with Gasteiger partial charge in [-0.25, -0.2) is 0 Å². The molecule has 0 aliphatic heterocycles. The van der Waals surface area contributed by atoms with Crippen LogP contribution >= 0.6 is 11.8 Å². The monoisotopic (exact) mass is 234 g/mol. The molecule has 2 aromatic rings. The zero-order valence-electron chi connectivity index (χ0n) is 9.60. The largest absolute Gasteiger partial charge is 0.496 e. The van der Waals surface area contributed by atoms with Gasteiger partial charge in [-0.3, -0.25) is 4.68 Å². The predicted octanol–water partition coefficient (Wildman–Crippen LogP) is 2.82. The Kier molecular flexibility index (Phi) is 3.19.